The minimum atomic E-state index is -4.12. The molecule has 0 spiro atoms. The number of rotatable bonds is 6. The van der Waals surface area contributed by atoms with E-state index in [1.54, 1.807) is 6.07 Å². The monoisotopic (exact) mass is 340 g/mol. The number of nitrogens with zero attached hydrogens (tertiary/aromatic N) is 1. The van der Waals surface area contributed by atoms with Gasteiger partial charge in [-0.15, -0.1) is 0 Å². The Kier molecular flexibility index (Phi) is 4.92. The molecule has 2 aromatic rings. The number of halogens is 1. The highest BCUT2D eigenvalue weighted by Gasteiger charge is 2.23. The van der Waals surface area contributed by atoms with Crippen molar-refractivity contribution < 1.29 is 22.5 Å². The molecule has 2 rings (SSSR count). The van der Waals surface area contributed by atoms with Crippen molar-refractivity contribution in [2.24, 2.45) is 0 Å². The summed E-state index contributed by atoms with van der Waals surface area (Å²) in [5.74, 6) is -0.599. The van der Waals surface area contributed by atoms with Crippen molar-refractivity contribution in [3.05, 3.63) is 64.0 Å². The SMILES string of the molecule is COc1ccc([N+](=O)[O-])cc1S(=O)(=O)NCc1ccccc1F. The van der Waals surface area contributed by atoms with Crippen molar-refractivity contribution in [1.82, 2.24) is 4.72 Å². The number of nitro benzene ring substituents is 1. The summed E-state index contributed by atoms with van der Waals surface area (Å²) in [4.78, 5) is 9.71. The zero-order valence-electron chi connectivity index (χ0n) is 12.0. The highest BCUT2D eigenvalue weighted by Crippen LogP contribution is 2.28. The summed E-state index contributed by atoms with van der Waals surface area (Å²) in [7, 11) is -2.87. The topological polar surface area (TPSA) is 98.5 Å². The van der Waals surface area contributed by atoms with Crippen LogP contribution < -0.4 is 9.46 Å². The zero-order valence-corrected chi connectivity index (χ0v) is 12.8. The highest BCUT2D eigenvalue weighted by atomic mass is 32.2. The van der Waals surface area contributed by atoms with Gasteiger partial charge in [-0.2, -0.15) is 0 Å². The second-order valence-electron chi connectivity index (χ2n) is 4.51. The van der Waals surface area contributed by atoms with Gasteiger partial charge in [0.1, 0.15) is 16.5 Å². The van der Waals surface area contributed by atoms with Gasteiger partial charge < -0.3 is 4.74 Å². The molecular formula is C14H13FN2O5S. The number of nitro groups is 1. The van der Waals surface area contributed by atoms with Crippen LogP contribution in [-0.4, -0.2) is 20.5 Å². The molecular weight excluding hydrogens is 327 g/mol. The Morgan fingerprint density at radius 2 is 1.96 bits per heavy atom. The van der Waals surface area contributed by atoms with E-state index in [9.17, 15) is 22.9 Å². The van der Waals surface area contributed by atoms with Crippen LogP contribution in [0.1, 0.15) is 5.56 Å². The van der Waals surface area contributed by atoms with Crippen LogP contribution in [0, 0.1) is 15.9 Å². The van der Waals surface area contributed by atoms with Gasteiger partial charge in [0, 0.05) is 24.2 Å². The first kappa shape index (κ1) is 16.8. The van der Waals surface area contributed by atoms with Crippen LogP contribution in [0.25, 0.3) is 0 Å². The molecule has 0 aromatic heterocycles. The second-order valence-corrected chi connectivity index (χ2v) is 6.24. The number of non-ortho nitro benzene ring substituents is 1. The van der Waals surface area contributed by atoms with Gasteiger partial charge in [0.05, 0.1) is 12.0 Å². The third-order valence-corrected chi connectivity index (χ3v) is 4.48. The van der Waals surface area contributed by atoms with Crippen LogP contribution in [0.3, 0.4) is 0 Å². The molecule has 0 saturated heterocycles. The summed E-state index contributed by atoms with van der Waals surface area (Å²) in [6.07, 6.45) is 0. The third kappa shape index (κ3) is 3.82. The van der Waals surface area contributed by atoms with Crippen LogP contribution >= 0.6 is 0 Å². The summed E-state index contributed by atoms with van der Waals surface area (Å²) in [6, 6.07) is 8.91. The van der Waals surface area contributed by atoms with Crippen molar-refractivity contribution in [2.45, 2.75) is 11.4 Å². The Bertz CT molecular complexity index is 839. The first-order chi connectivity index (χ1) is 10.8. The summed E-state index contributed by atoms with van der Waals surface area (Å²) >= 11 is 0. The maximum atomic E-state index is 13.5. The molecule has 7 nitrogen and oxygen atoms in total. The van der Waals surface area contributed by atoms with E-state index < -0.39 is 26.5 Å². The van der Waals surface area contributed by atoms with Gasteiger partial charge in [0.25, 0.3) is 5.69 Å². The Balaban J connectivity index is 2.33. The average Bonchev–Trinajstić information content (AvgIpc) is 2.53. The maximum absolute atomic E-state index is 13.5. The molecule has 0 bridgehead atoms. The van der Waals surface area contributed by atoms with Gasteiger partial charge >= 0.3 is 0 Å². The maximum Gasteiger partial charge on any atom is 0.271 e. The molecule has 0 atom stereocenters. The minimum Gasteiger partial charge on any atom is -0.495 e. The van der Waals surface area contributed by atoms with Crippen LogP contribution in [-0.2, 0) is 16.6 Å². The standard InChI is InChI=1S/C14H13FN2O5S/c1-22-13-7-6-11(17(18)19)8-14(13)23(20,21)16-9-10-4-2-3-5-12(10)15/h2-8,16H,9H2,1H3. The number of sulfonamides is 1. The van der Waals surface area contributed by atoms with Gasteiger partial charge in [-0.3, -0.25) is 10.1 Å². The number of nitrogens with one attached hydrogen (secondary N) is 1. The van der Waals surface area contributed by atoms with Crippen molar-refractivity contribution in [2.75, 3.05) is 7.11 Å². The summed E-state index contributed by atoms with van der Waals surface area (Å²) in [6.45, 7) is -0.291. The molecule has 0 saturated carbocycles. The van der Waals surface area contributed by atoms with Gasteiger partial charge in [0.2, 0.25) is 10.0 Å². The van der Waals surface area contributed by atoms with E-state index in [4.69, 9.17) is 4.74 Å². The first-order valence-corrected chi connectivity index (χ1v) is 7.89. The average molecular weight is 340 g/mol. The fraction of sp³-hybridized carbons (Fsp3) is 0.143. The minimum absolute atomic E-state index is 0.0448. The lowest BCUT2D eigenvalue weighted by molar-refractivity contribution is -0.385. The van der Waals surface area contributed by atoms with E-state index in [0.717, 1.165) is 12.1 Å². The predicted octanol–water partition coefficient (Wildman–Crippen LogP) is 2.22. The van der Waals surface area contributed by atoms with Crippen LogP contribution in [0.2, 0.25) is 0 Å². The molecule has 0 aliphatic heterocycles. The lowest BCUT2D eigenvalue weighted by Crippen LogP contribution is -2.24. The van der Waals surface area contributed by atoms with Gasteiger partial charge in [-0.1, -0.05) is 18.2 Å². The van der Waals surface area contributed by atoms with Crippen molar-refractivity contribution >= 4 is 15.7 Å². The number of methoxy groups -OCH3 is 1. The number of ether oxygens (including phenoxy) is 1. The van der Waals surface area contributed by atoms with Crippen LogP contribution in [0.15, 0.2) is 47.4 Å². The molecule has 1 N–H and O–H groups in total. The largest absolute Gasteiger partial charge is 0.495 e. The first-order valence-electron chi connectivity index (χ1n) is 6.40. The predicted molar refractivity (Wildman–Crippen MR) is 80.1 cm³/mol. The van der Waals surface area contributed by atoms with Gasteiger partial charge in [0.15, 0.2) is 0 Å². The Labute approximate surface area is 131 Å². The van der Waals surface area contributed by atoms with Crippen molar-refractivity contribution in [3.8, 4) is 5.75 Å². The molecule has 122 valence electrons. The summed E-state index contributed by atoms with van der Waals surface area (Å²) in [5.41, 5.74) is -0.238. The van der Waals surface area contributed by atoms with Crippen LogP contribution in [0.5, 0.6) is 5.75 Å². The smallest absolute Gasteiger partial charge is 0.271 e. The van der Waals surface area contributed by atoms with E-state index in [1.807, 2.05) is 0 Å². The van der Waals surface area contributed by atoms with E-state index in [1.165, 1.54) is 31.4 Å². The molecule has 23 heavy (non-hydrogen) atoms. The molecule has 0 radical (unpaired) electrons. The van der Waals surface area contributed by atoms with Crippen molar-refractivity contribution in [1.29, 1.82) is 0 Å². The normalized spacial score (nSPS) is 11.2. The lowest BCUT2D eigenvalue weighted by atomic mass is 10.2. The van der Waals surface area contributed by atoms with Gasteiger partial charge in [-0.05, 0) is 12.1 Å². The molecule has 0 unspecified atom stereocenters. The molecule has 0 fully saturated rings. The fourth-order valence-corrected chi connectivity index (χ4v) is 3.07. The quantitative estimate of drug-likeness (QED) is 0.642. The molecule has 2 aromatic carbocycles. The van der Waals surface area contributed by atoms with E-state index in [2.05, 4.69) is 4.72 Å². The van der Waals surface area contributed by atoms with Crippen molar-refractivity contribution in [3.63, 3.8) is 0 Å². The molecule has 0 heterocycles. The summed E-state index contributed by atoms with van der Waals surface area (Å²) in [5, 5.41) is 10.8. The number of benzene rings is 2. The zero-order chi connectivity index (χ0) is 17.0. The second kappa shape index (κ2) is 6.71. The highest BCUT2D eigenvalue weighted by molar-refractivity contribution is 7.89. The van der Waals surface area contributed by atoms with Crippen LogP contribution in [0.4, 0.5) is 10.1 Å². The lowest BCUT2D eigenvalue weighted by Gasteiger charge is -2.11. The number of hydrogen-bond acceptors (Lipinski definition) is 5. The van der Waals surface area contributed by atoms with E-state index >= 15 is 0 Å². The Morgan fingerprint density at radius 3 is 2.57 bits per heavy atom. The van der Waals surface area contributed by atoms with E-state index in [0.29, 0.717) is 0 Å². The van der Waals surface area contributed by atoms with E-state index in [-0.39, 0.29) is 22.8 Å². The molecule has 9 heteroatoms. The third-order valence-electron chi connectivity index (χ3n) is 3.06. The molecule has 0 aliphatic rings. The Morgan fingerprint density at radius 1 is 1.26 bits per heavy atom. The summed E-state index contributed by atoms with van der Waals surface area (Å²) < 4.78 is 45.3. The fourth-order valence-electron chi connectivity index (χ4n) is 1.88. The Hall–Kier alpha value is -2.52. The van der Waals surface area contributed by atoms with Gasteiger partial charge in [-0.25, -0.2) is 17.5 Å². The molecule has 0 aliphatic carbocycles. The number of hydrogen-bond donors (Lipinski definition) is 1. The molecule has 0 amide bonds.